The van der Waals surface area contributed by atoms with E-state index in [1.807, 2.05) is 80.5 Å². The van der Waals surface area contributed by atoms with Crippen molar-refractivity contribution < 1.29 is 9.53 Å². The Bertz CT molecular complexity index is 942. The molecule has 0 aliphatic heterocycles. The summed E-state index contributed by atoms with van der Waals surface area (Å²) in [5, 5.41) is 14.1. The Labute approximate surface area is 164 Å². The maximum absolute atomic E-state index is 12.1. The average molecular weight is 377 g/mol. The molecule has 2 aromatic carbocycles. The minimum atomic E-state index is -0.214. The van der Waals surface area contributed by atoms with Gasteiger partial charge in [-0.15, -0.1) is 5.10 Å². The summed E-state index contributed by atoms with van der Waals surface area (Å²) in [6.07, 6.45) is 1.70. The molecule has 28 heavy (non-hydrogen) atoms. The first kappa shape index (κ1) is 19.2. The molecule has 0 bridgehead atoms. The Balaban J connectivity index is 1.55. The van der Waals surface area contributed by atoms with Crippen LogP contribution in [0.1, 0.15) is 5.56 Å². The van der Waals surface area contributed by atoms with E-state index >= 15 is 0 Å². The highest BCUT2D eigenvalue weighted by Gasteiger charge is 2.06. The highest BCUT2D eigenvalue weighted by molar-refractivity contribution is 5.92. The van der Waals surface area contributed by atoms with Gasteiger partial charge in [0.05, 0.1) is 11.9 Å². The minimum Gasteiger partial charge on any atom is -0.483 e. The second kappa shape index (κ2) is 8.85. The molecule has 3 rings (SSSR count). The van der Waals surface area contributed by atoms with Crippen LogP contribution in [0.3, 0.4) is 0 Å². The second-order valence-electron chi connectivity index (χ2n) is 6.50. The normalized spacial score (nSPS) is 10.2. The Morgan fingerprint density at radius 3 is 2.50 bits per heavy atom. The molecule has 0 aliphatic carbocycles. The molecule has 1 heterocycles. The number of ether oxygens (including phenoxy) is 1. The van der Waals surface area contributed by atoms with E-state index in [0.717, 1.165) is 16.9 Å². The first-order chi connectivity index (χ1) is 13.5. The van der Waals surface area contributed by atoms with Crippen molar-refractivity contribution in [2.45, 2.75) is 6.92 Å². The number of aromatic nitrogens is 2. The third-order valence-electron chi connectivity index (χ3n) is 4.05. The minimum absolute atomic E-state index is 0.0439. The van der Waals surface area contributed by atoms with Crippen molar-refractivity contribution in [3.05, 3.63) is 66.4 Å². The van der Waals surface area contributed by atoms with Gasteiger partial charge in [-0.05, 0) is 42.8 Å². The maximum atomic E-state index is 12.1. The first-order valence-corrected chi connectivity index (χ1v) is 8.87. The van der Waals surface area contributed by atoms with Gasteiger partial charge in [0, 0.05) is 31.5 Å². The van der Waals surface area contributed by atoms with Crippen LogP contribution in [0.2, 0.25) is 0 Å². The molecule has 0 fully saturated rings. The fourth-order valence-electron chi connectivity index (χ4n) is 2.51. The van der Waals surface area contributed by atoms with Gasteiger partial charge in [0.15, 0.2) is 12.4 Å². The van der Waals surface area contributed by atoms with Crippen LogP contribution in [-0.2, 0) is 4.79 Å². The molecule has 144 valence electrons. The van der Waals surface area contributed by atoms with Crippen LogP contribution in [0.4, 0.5) is 22.9 Å². The summed E-state index contributed by atoms with van der Waals surface area (Å²) >= 11 is 0. The number of nitrogens with zero attached hydrogens (tertiary/aromatic N) is 3. The molecule has 0 unspecified atom stereocenters. The molecule has 7 nitrogen and oxygen atoms in total. The molecular weight excluding hydrogens is 354 g/mol. The van der Waals surface area contributed by atoms with E-state index in [2.05, 4.69) is 20.8 Å². The van der Waals surface area contributed by atoms with Crippen molar-refractivity contribution in [1.29, 1.82) is 0 Å². The zero-order valence-corrected chi connectivity index (χ0v) is 16.1. The van der Waals surface area contributed by atoms with Crippen LogP contribution in [0.15, 0.2) is 60.8 Å². The van der Waals surface area contributed by atoms with Crippen molar-refractivity contribution in [3.63, 3.8) is 0 Å². The molecule has 0 spiro atoms. The van der Waals surface area contributed by atoms with E-state index in [4.69, 9.17) is 4.74 Å². The van der Waals surface area contributed by atoms with Crippen LogP contribution >= 0.6 is 0 Å². The van der Waals surface area contributed by atoms with Gasteiger partial charge in [0.2, 0.25) is 0 Å². The number of anilines is 4. The van der Waals surface area contributed by atoms with Crippen LogP contribution in [0, 0.1) is 6.92 Å². The van der Waals surface area contributed by atoms with E-state index in [1.54, 1.807) is 6.20 Å². The van der Waals surface area contributed by atoms with Crippen LogP contribution in [0.25, 0.3) is 0 Å². The third-order valence-corrected chi connectivity index (χ3v) is 4.05. The lowest BCUT2D eigenvalue weighted by Crippen LogP contribution is -2.20. The van der Waals surface area contributed by atoms with Gasteiger partial charge < -0.3 is 20.3 Å². The predicted octanol–water partition coefficient (Wildman–Crippen LogP) is 3.61. The largest absolute Gasteiger partial charge is 0.483 e. The summed E-state index contributed by atoms with van der Waals surface area (Å²) in [6, 6.07) is 16.9. The van der Waals surface area contributed by atoms with Crippen molar-refractivity contribution in [1.82, 2.24) is 10.2 Å². The lowest BCUT2D eigenvalue weighted by atomic mass is 10.2. The van der Waals surface area contributed by atoms with Gasteiger partial charge in [0.25, 0.3) is 5.91 Å². The van der Waals surface area contributed by atoms with Crippen LogP contribution in [-0.4, -0.2) is 36.8 Å². The third kappa shape index (κ3) is 5.20. The van der Waals surface area contributed by atoms with E-state index in [1.165, 1.54) is 0 Å². The van der Waals surface area contributed by atoms with Crippen molar-refractivity contribution >= 4 is 28.8 Å². The fourth-order valence-corrected chi connectivity index (χ4v) is 2.51. The summed E-state index contributed by atoms with van der Waals surface area (Å²) in [5.41, 5.74) is 3.48. The number of carbonyl (C=O) groups excluding carboxylic acids is 1. The fraction of sp³-hybridized carbons (Fsp3) is 0.190. The monoisotopic (exact) mass is 377 g/mol. The Morgan fingerprint density at radius 1 is 1.07 bits per heavy atom. The lowest BCUT2D eigenvalue weighted by molar-refractivity contribution is -0.118. The summed E-state index contributed by atoms with van der Waals surface area (Å²) in [4.78, 5) is 14.1. The standard InChI is InChI=1S/C21H23N5O2/c1-15-6-4-5-7-19(15)28-14-21(27)24-17-10-8-16(9-11-17)23-20-12-18(26(2)3)13-22-25-20/h4-13H,14H2,1-3H3,(H,23,25)(H,24,27). The van der Waals surface area contributed by atoms with Gasteiger partial charge in [0.1, 0.15) is 5.75 Å². The number of amides is 1. The SMILES string of the molecule is Cc1ccccc1OCC(=O)Nc1ccc(Nc2cc(N(C)C)cnn2)cc1. The number of aryl methyl sites for hydroxylation is 1. The van der Waals surface area contributed by atoms with Crippen LogP contribution in [0.5, 0.6) is 5.75 Å². The smallest absolute Gasteiger partial charge is 0.262 e. The number of rotatable bonds is 7. The number of benzene rings is 2. The van der Waals surface area contributed by atoms with E-state index in [-0.39, 0.29) is 12.5 Å². The Kier molecular flexibility index (Phi) is 6.06. The molecule has 1 aromatic heterocycles. The summed E-state index contributed by atoms with van der Waals surface area (Å²) in [5.74, 6) is 1.14. The molecule has 7 heteroatoms. The molecule has 2 N–H and O–H groups in total. The van der Waals surface area contributed by atoms with Gasteiger partial charge in [-0.3, -0.25) is 4.79 Å². The second-order valence-corrected chi connectivity index (χ2v) is 6.50. The van der Waals surface area contributed by atoms with E-state index in [0.29, 0.717) is 17.3 Å². The highest BCUT2D eigenvalue weighted by atomic mass is 16.5. The topological polar surface area (TPSA) is 79.4 Å². The van der Waals surface area contributed by atoms with Crippen LogP contribution < -0.4 is 20.3 Å². The zero-order chi connectivity index (χ0) is 19.9. The van der Waals surface area contributed by atoms with Crippen molar-refractivity contribution in [2.24, 2.45) is 0 Å². The van der Waals surface area contributed by atoms with E-state index < -0.39 is 0 Å². The number of hydrogen-bond donors (Lipinski definition) is 2. The molecule has 0 radical (unpaired) electrons. The van der Waals surface area contributed by atoms with Gasteiger partial charge in [-0.25, -0.2) is 0 Å². The molecule has 0 saturated heterocycles. The molecule has 0 aliphatic rings. The molecule has 0 saturated carbocycles. The number of hydrogen-bond acceptors (Lipinski definition) is 6. The van der Waals surface area contributed by atoms with Crippen molar-refractivity contribution in [3.8, 4) is 5.75 Å². The molecule has 1 amide bonds. The molecular formula is C21H23N5O2. The average Bonchev–Trinajstić information content (AvgIpc) is 2.69. The van der Waals surface area contributed by atoms with Gasteiger partial charge in [-0.2, -0.15) is 5.10 Å². The predicted molar refractivity (Wildman–Crippen MR) is 111 cm³/mol. The van der Waals surface area contributed by atoms with Gasteiger partial charge >= 0.3 is 0 Å². The quantitative estimate of drug-likeness (QED) is 0.655. The summed E-state index contributed by atoms with van der Waals surface area (Å²) < 4.78 is 5.56. The number of para-hydroxylation sites is 1. The highest BCUT2D eigenvalue weighted by Crippen LogP contribution is 2.20. The first-order valence-electron chi connectivity index (χ1n) is 8.87. The number of carbonyl (C=O) groups is 1. The van der Waals surface area contributed by atoms with Crippen molar-refractivity contribution in [2.75, 3.05) is 36.2 Å². The molecule has 3 aromatic rings. The Morgan fingerprint density at radius 2 is 1.79 bits per heavy atom. The summed E-state index contributed by atoms with van der Waals surface area (Å²) in [7, 11) is 3.89. The Hall–Kier alpha value is -3.61. The number of nitrogens with one attached hydrogen (secondary N) is 2. The summed E-state index contributed by atoms with van der Waals surface area (Å²) in [6.45, 7) is 1.90. The zero-order valence-electron chi connectivity index (χ0n) is 16.1. The van der Waals surface area contributed by atoms with Gasteiger partial charge in [-0.1, -0.05) is 18.2 Å². The van der Waals surface area contributed by atoms with E-state index in [9.17, 15) is 4.79 Å². The maximum Gasteiger partial charge on any atom is 0.262 e. The molecule has 0 atom stereocenters. The lowest BCUT2D eigenvalue weighted by Gasteiger charge is -2.13.